The number of nitrogens with zero attached hydrogens (tertiary/aromatic N) is 1. The number of non-ortho nitro benzene ring substituents is 1. The summed E-state index contributed by atoms with van der Waals surface area (Å²) in [6, 6.07) is 10.9. The summed E-state index contributed by atoms with van der Waals surface area (Å²) in [5.41, 5.74) is 2.65. The highest BCUT2D eigenvalue weighted by Gasteiger charge is 2.17. The van der Waals surface area contributed by atoms with E-state index in [1.54, 1.807) is 0 Å². The number of nitro benzene ring substituents is 1. The number of rotatable bonds is 4. The molecular weight excluding hydrogens is 310 g/mol. The van der Waals surface area contributed by atoms with Crippen LogP contribution in [0.4, 0.5) is 17.1 Å². The van der Waals surface area contributed by atoms with Gasteiger partial charge in [-0.2, -0.15) is 0 Å². The van der Waals surface area contributed by atoms with Crippen LogP contribution in [0.2, 0.25) is 0 Å². The molecule has 0 radical (unpaired) electrons. The number of aryl methyl sites for hydroxylation is 2. The van der Waals surface area contributed by atoms with Crippen LogP contribution in [-0.2, 0) is 16.0 Å². The second kappa shape index (κ2) is 7.36. The van der Waals surface area contributed by atoms with Gasteiger partial charge in [-0.15, -0.1) is 0 Å². The van der Waals surface area contributed by atoms with Crippen molar-refractivity contribution in [2.24, 2.45) is 0 Å². The molecule has 2 N–H and O–H groups in total. The Bertz CT molecular complexity index is 785. The minimum atomic E-state index is -0.839. The average Bonchev–Trinajstić information content (AvgIpc) is 2.57. The SMILES string of the molecule is CCc1cccc(C)c1NC(=O)C(=O)Nc1ccc([N+](=O)[O-])cc1. The Labute approximate surface area is 138 Å². The van der Waals surface area contributed by atoms with Crippen LogP contribution in [0.1, 0.15) is 18.1 Å². The number of nitro groups is 1. The molecule has 2 amide bonds. The highest BCUT2D eigenvalue weighted by Crippen LogP contribution is 2.21. The predicted octanol–water partition coefficient (Wildman–Crippen LogP) is 3.04. The van der Waals surface area contributed by atoms with E-state index in [2.05, 4.69) is 10.6 Å². The number of anilines is 2. The van der Waals surface area contributed by atoms with Crippen molar-refractivity contribution in [1.82, 2.24) is 0 Å². The fraction of sp³-hybridized carbons (Fsp3) is 0.176. The Morgan fingerprint density at radius 2 is 1.67 bits per heavy atom. The summed E-state index contributed by atoms with van der Waals surface area (Å²) in [6.45, 7) is 3.81. The van der Waals surface area contributed by atoms with E-state index in [9.17, 15) is 19.7 Å². The van der Waals surface area contributed by atoms with Crippen molar-refractivity contribution in [1.29, 1.82) is 0 Å². The zero-order valence-electron chi connectivity index (χ0n) is 13.3. The number of hydrogen-bond acceptors (Lipinski definition) is 4. The molecule has 124 valence electrons. The molecule has 7 heteroatoms. The lowest BCUT2D eigenvalue weighted by Gasteiger charge is -2.12. The molecule has 0 aliphatic heterocycles. The van der Waals surface area contributed by atoms with Crippen LogP contribution in [0.15, 0.2) is 42.5 Å². The van der Waals surface area contributed by atoms with Crippen LogP contribution in [0.5, 0.6) is 0 Å². The first-order valence-electron chi connectivity index (χ1n) is 7.37. The van der Waals surface area contributed by atoms with Gasteiger partial charge in [0.2, 0.25) is 0 Å². The van der Waals surface area contributed by atoms with Gasteiger partial charge in [-0.05, 0) is 36.6 Å². The van der Waals surface area contributed by atoms with Gasteiger partial charge in [-0.3, -0.25) is 19.7 Å². The van der Waals surface area contributed by atoms with Crippen LogP contribution in [0.3, 0.4) is 0 Å². The van der Waals surface area contributed by atoms with Crippen molar-refractivity contribution in [2.45, 2.75) is 20.3 Å². The van der Waals surface area contributed by atoms with Gasteiger partial charge in [0.25, 0.3) is 5.69 Å². The van der Waals surface area contributed by atoms with Crippen molar-refractivity contribution >= 4 is 28.9 Å². The third-order valence-corrected chi connectivity index (χ3v) is 3.52. The maximum Gasteiger partial charge on any atom is 0.314 e. The molecule has 0 bridgehead atoms. The molecule has 0 aliphatic rings. The number of amides is 2. The fourth-order valence-electron chi connectivity index (χ4n) is 2.23. The molecule has 0 saturated heterocycles. The lowest BCUT2D eigenvalue weighted by molar-refractivity contribution is -0.384. The topological polar surface area (TPSA) is 101 Å². The lowest BCUT2D eigenvalue weighted by Crippen LogP contribution is -2.29. The van der Waals surface area contributed by atoms with E-state index >= 15 is 0 Å². The second-order valence-electron chi connectivity index (χ2n) is 5.17. The van der Waals surface area contributed by atoms with Crippen LogP contribution in [-0.4, -0.2) is 16.7 Å². The van der Waals surface area contributed by atoms with Crippen molar-refractivity contribution < 1.29 is 14.5 Å². The fourth-order valence-corrected chi connectivity index (χ4v) is 2.23. The van der Waals surface area contributed by atoms with Gasteiger partial charge < -0.3 is 10.6 Å². The monoisotopic (exact) mass is 327 g/mol. The number of carbonyl (C=O) groups is 2. The molecule has 24 heavy (non-hydrogen) atoms. The third kappa shape index (κ3) is 3.95. The number of para-hydroxylation sites is 1. The Morgan fingerprint density at radius 3 is 2.25 bits per heavy atom. The van der Waals surface area contributed by atoms with E-state index in [4.69, 9.17) is 0 Å². The van der Waals surface area contributed by atoms with Crippen molar-refractivity contribution in [2.75, 3.05) is 10.6 Å². The van der Waals surface area contributed by atoms with Crippen molar-refractivity contribution in [3.63, 3.8) is 0 Å². The summed E-state index contributed by atoms with van der Waals surface area (Å²) in [6.07, 6.45) is 0.723. The maximum atomic E-state index is 12.1. The zero-order valence-corrected chi connectivity index (χ0v) is 13.3. The Balaban J connectivity index is 2.08. The maximum absolute atomic E-state index is 12.1. The largest absolute Gasteiger partial charge is 0.318 e. The van der Waals surface area contributed by atoms with Crippen LogP contribution < -0.4 is 10.6 Å². The quantitative estimate of drug-likeness (QED) is 0.512. The number of benzene rings is 2. The molecule has 2 rings (SSSR count). The number of hydrogen-bond donors (Lipinski definition) is 2. The van der Waals surface area contributed by atoms with E-state index in [1.165, 1.54) is 24.3 Å². The predicted molar refractivity (Wildman–Crippen MR) is 90.9 cm³/mol. The van der Waals surface area contributed by atoms with E-state index < -0.39 is 16.7 Å². The van der Waals surface area contributed by atoms with Gasteiger partial charge in [-0.1, -0.05) is 25.1 Å². The summed E-state index contributed by atoms with van der Waals surface area (Å²) >= 11 is 0. The van der Waals surface area contributed by atoms with E-state index in [0.717, 1.165) is 17.5 Å². The van der Waals surface area contributed by atoms with Crippen LogP contribution >= 0.6 is 0 Å². The van der Waals surface area contributed by atoms with E-state index in [-0.39, 0.29) is 5.69 Å². The Morgan fingerprint density at radius 1 is 1.04 bits per heavy atom. The first kappa shape index (κ1) is 17.1. The van der Waals surface area contributed by atoms with Gasteiger partial charge in [0.15, 0.2) is 0 Å². The summed E-state index contributed by atoms with van der Waals surface area (Å²) in [5, 5.41) is 15.6. The molecule has 0 atom stereocenters. The first-order chi connectivity index (χ1) is 11.4. The molecule has 0 fully saturated rings. The summed E-state index contributed by atoms with van der Waals surface area (Å²) in [7, 11) is 0. The summed E-state index contributed by atoms with van der Waals surface area (Å²) in [4.78, 5) is 34.1. The molecular formula is C17H17N3O4. The standard InChI is InChI=1S/C17H17N3O4/c1-3-12-6-4-5-11(2)15(12)19-17(22)16(21)18-13-7-9-14(10-8-13)20(23)24/h4-10H,3H2,1-2H3,(H,18,21)(H,19,22). The third-order valence-electron chi connectivity index (χ3n) is 3.52. The van der Waals surface area contributed by atoms with Gasteiger partial charge in [-0.25, -0.2) is 0 Å². The molecule has 2 aromatic carbocycles. The van der Waals surface area contributed by atoms with Gasteiger partial charge in [0, 0.05) is 23.5 Å². The molecule has 7 nitrogen and oxygen atoms in total. The average molecular weight is 327 g/mol. The highest BCUT2D eigenvalue weighted by molar-refractivity contribution is 6.43. The second-order valence-corrected chi connectivity index (χ2v) is 5.17. The van der Waals surface area contributed by atoms with E-state index in [1.807, 2.05) is 32.0 Å². The molecule has 2 aromatic rings. The van der Waals surface area contributed by atoms with Crippen molar-refractivity contribution in [3.05, 3.63) is 63.7 Å². The minimum Gasteiger partial charge on any atom is -0.318 e. The van der Waals surface area contributed by atoms with Gasteiger partial charge in [0.05, 0.1) is 4.92 Å². The van der Waals surface area contributed by atoms with E-state index in [0.29, 0.717) is 11.4 Å². The molecule has 0 unspecified atom stereocenters. The molecule has 0 aliphatic carbocycles. The molecule has 0 heterocycles. The molecule has 0 aromatic heterocycles. The zero-order chi connectivity index (χ0) is 17.7. The van der Waals surface area contributed by atoms with Crippen LogP contribution in [0, 0.1) is 17.0 Å². The first-order valence-corrected chi connectivity index (χ1v) is 7.37. The summed E-state index contributed by atoms with van der Waals surface area (Å²) in [5.74, 6) is -1.63. The van der Waals surface area contributed by atoms with Gasteiger partial charge >= 0.3 is 11.8 Å². The lowest BCUT2D eigenvalue weighted by atomic mass is 10.1. The smallest absolute Gasteiger partial charge is 0.314 e. The Hall–Kier alpha value is -3.22. The highest BCUT2D eigenvalue weighted by atomic mass is 16.6. The molecule has 0 spiro atoms. The van der Waals surface area contributed by atoms with Crippen molar-refractivity contribution in [3.8, 4) is 0 Å². The summed E-state index contributed by atoms with van der Waals surface area (Å²) < 4.78 is 0. The number of carbonyl (C=O) groups excluding carboxylic acids is 2. The van der Waals surface area contributed by atoms with Gasteiger partial charge in [0.1, 0.15) is 0 Å². The number of nitrogens with one attached hydrogen (secondary N) is 2. The normalized spacial score (nSPS) is 10.1. The minimum absolute atomic E-state index is 0.0926. The molecule has 0 saturated carbocycles. The Kier molecular flexibility index (Phi) is 5.26. The van der Waals surface area contributed by atoms with Crippen LogP contribution in [0.25, 0.3) is 0 Å².